The average molecular weight is 264 g/mol. The Hall–Kier alpha value is -1.90. The first-order valence-corrected chi connectivity index (χ1v) is 7.03. The summed E-state index contributed by atoms with van der Waals surface area (Å²) in [5.74, 6) is 0. The zero-order valence-corrected chi connectivity index (χ0v) is 11.2. The van der Waals surface area contributed by atoms with E-state index in [2.05, 4.69) is 48.5 Å². The van der Waals surface area contributed by atoms with Gasteiger partial charge in [0.2, 0.25) is 0 Å². The summed E-state index contributed by atoms with van der Waals surface area (Å²) in [5, 5.41) is 0. The maximum absolute atomic E-state index is 5.91. The van der Waals surface area contributed by atoms with Crippen LogP contribution in [0.15, 0.2) is 60.7 Å². The summed E-state index contributed by atoms with van der Waals surface area (Å²) in [7, 11) is 0. The third-order valence-electron chi connectivity index (χ3n) is 3.98. The van der Waals surface area contributed by atoms with E-state index in [4.69, 9.17) is 9.47 Å². The van der Waals surface area contributed by atoms with Crippen molar-refractivity contribution in [3.05, 3.63) is 71.8 Å². The normalized spacial score (nSPS) is 25.0. The number of hydrogen-bond donors (Lipinski definition) is 0. The molecule has 4 rings (SSSR count). The summed E-state index contributed by atoms with van der Waals surface area (Å²) < 4.78 is 11.8. The first kappa shape index (κ1) is 11.9. The Morgan fingerprint density at radius 1 is 0.600 bits per heavy atom. The standard InChI is InChI=1S/C18H16O2/c1-3-7-13(8-4-1)15-16(14-9-5-2-6-10-14)18-17(15)19-11-12-20-18/h1-10,17-18H,11-12H2. The average Bonchev–Trinajstić information content (AvgIpc) is 2.51. The van der Waals surface area contributed by atoms with Crippen LogP contribution in [0.1, 0.15) is 11.1 Å². The van der Waals surface area contributed by atoms with Gasteiger partial charge in [-0.15, -0.1) is 0 Å². The second-order valence-corrected chi connectivity index (χ2v) is 5.14. The first-order valence-electron chi connectivity index (χ1n) is 7.03. The molecular formula is C18H16O2. The molecule has 2 heteroatoms. The van der Waals surface area contributed by atoms with Gasteiger partial charge < -0.3 is 9.47 Å². The minimum atomic E-state index is 0.0846. The molecule has 0 aromatic heterocycles. The Kier molecular flexibility index (Phi) is 2.91. The van der Waals surface area contributed by atoms with E-state index < -0.39 is 0 Å². The topological polar surface area (TPSA) is 18.5 Å². The lowest BCUT2D eigenvalue weighted by Gasteiger charge is -2.44. The van der Waals surface area contributed by atoms with Crippen molar-refractivity contribution in [2.75, 3.05) is 13.2 Å². The molecule has 0 radical (unpaired) electrons. The summed E-state index contributed by atoms with van der Waals surface area (Å²) in [5.41, 5.74) is 5.03. The van der Waals surface area contributed by atoms with Gasteiger partial charge in [-0.1, -0.05) is 60.7 Å². The summed E-state index contributed by atoms with van der Waals surface area (Å²) >= 11 is 0. The van der Waals surface area contributed by atoms with Crippen molar-refractivity contribution in [1.82, 2.24) is 0 Å². The lowest BCUT2D eigenvalue weighted by atomic mass is 9.74. The van der Waals surface area contributed by atoms with Crippen LogP contribution >= 0.6 is 0 Å². The highest BCUT2D eigenvalue weighted by Crippen LogP contribution is 2.47. The Bertz CT molecular complexity index is 573. The summed E-state index contributed by atoms with van der Waals surface area (Å²) in [6.45, 7) is 1.36. The van der Waals surface area contributed by atoms with E-state index in [1.807, 2.05) is 12.1 Å². The van der Waals surface area contributed by atoms with Crippen molar-refractivity contribution in [2.24, 2.45) is 0 Å². The molecular weight excluding hydrogens is 248 g/mol. The Labute approximate surface area is 118 Å². The minimum absolute atomic E-state index is 0.0846. The van der Waals surface area contributed by atoms with Crippen LogP contribution in [0.25, 0.3) is 11.1 Å². The molecule has 2 aromatic carbocycles. The second kappa shape index (κ2) is 4.89. The van der Waals surface area contributed by atoms with Crippen molar-refractivity contribution in [3.63, 3.8) is 0 Å². The van der Waals surface area contributed by atoms with Gasteiger partial charge in [-0.2, -0.15) is 0 Å². The molecule has 2 aromatic rings. The lowest BCUT2D eigenvalue weighted by molar-refractivity contribution is -0.102. The molecule has 2 nitrogen and oxygen atoms in total. The molecule has 1 fully saturated rings. The molecule has 100 valence electrons. The summed E-state index contributed by atoms with van der Waals surface area (Å²) in [6, 6.07) is 21.0. The zero-order valence-electron chi connectivity index (χ0n) is 11.2. The predicted octanol–water partition coefficient (Wildman–Crippen LogP) is 3.40. The van der Waals surface area contributed by atoms with Crippen LogP contribution in [0.5, 0.6) is 0 Å². The van der Waals surface area contributed by atoms with Crippen LogP contribution in [0.4, 0.5) is 0 Å². The molecule has 20 heavy (non-hydrogen) atoms. The molecule has 0 bridgehead atoms. The van der Waals surface area contributed by atoms with E-state index in [9.17, 15) is 0 Å². The molecule has 2 atom stereocenters. The highest BCUT2D eigenvalue weighted by molar-refractivity contribution is 6.02. The van der Waals surface area contributed by atoms with Crippen molar-refractivity contribution in [1.29, 1.82) is 0 Å². The van der Waals surface area contributed by atoms with Crippen LogP contribution in [0.2, 0.25) is 0 Å². The van der Waals surface area contributed by atoms with Crippen molar-refractivity contribution < 1.29 is 9.47 Å². The minimum Gasteiger partial charge on any atom is -0.368 e. The van der Waals surface area contributed by atoms with Crippen LogP contribution in [0.3, 0.4) is 0 Å². The molecule has 1 saturated heterocycles. The summed E-state index contributed by atoms with van der Waals surface area (Å²) in [6.07, 6.45) is 0.169. The quantitative estimate of drug-likeness (QED) is 0.827. The van der Waals surface area contributed by atoms with Gasteiger partial charge in [-0.3, -0.25) is 0 Å². The van der Waals surface area contributed by atoms with Crippen molar-refractivity contribution in [3.8, 4) is 0 Å². The Morgan fingerprint density at radius 2 is 1.00 bits per heavy atom. The molecule has 2 aliphatic rings. The van der Waals surface area contributed by atoms with E-state index in [-0.39, 0.29) is 12.2 Å². The van der Waals surface area contributed by atoms with Crippen molar-refractivity contribution in [2.45, 2.75) is 12.2 Å². The predicted molar refractivity (Wildman–Crippen MR) is 79.2 cm³/mol. The molecule has 0 spiro atoms. The highest BCUT2D eigenvalue weighted by Gasteiger charge is 2.45. The van der Waals surface area contributed by atoms with E-state index in [0.717, 1.165) is 0 Å². The van der Waals surface area contributed by atoms with Crippen molar-refractivity contribution >= 4 is 11.1 Å². The van der Waals surface area contributed by atoms with Gasteiger partial charge in [0.05, 0.1) is 13.2 Å². The number of ether oxygens (including phenoxy) is 2. The maximum atomic E-state index is 5.91. The molecule has 1 aliphatic carbocycles. The fourth-order valence-corrected chi connectivity index (χ4v) is 3.08. The number of benzene rings is 2. The highest BCUT2D eigenvalue weighted by atomic mass is 16.6. The molecule has 2 unspecified atom stereocenters. The SMILES string of the molecule is c1ccc(C2=C(c3ccccc3)C3OCCOC23)cc1. The van der Waals surface area contributed by atoms with Gasteiger partial charge in [-0.25, -0.2) is 0 Å². The van der Waals surface area contributed by atoms with Crippen LogP contribution in [0, 0.1) is 0 Å². The van der Waals surface area contributed by atoms with Gasteiger partial charge in [0, 0.05) is 0 Å². The Balaban J connectivity index is 1.85. The first-order chi connectivity index (χ1) is 9.95. The van der Waals surface area contributed by atoms with Gasteiger partial charge in [0.1, 0.15) is 12.2 Å². The van der Waals surface area contributed by atoms with E-state index in [0.29, 0.717) is 13.2 Å². The maximum Gasteiger partial charge on any atom is 0.114 e. The molecule has 0 amide bonds. The fourth-order valence-electron chi connectivity index (χ4n) is 3.08. The third kappa shape index (κ3) is 1.80. The van der Waals surface area contributed by atoms with Gasteiger partial charge in [-0.05, 0) is 22.3 Å². The van der Waals surface area contributed by atoms with Crippen LogP contribution in [-0.2, 0) is 9.47 Å². The largest absolute Gasteiger partial charge is 0.368 e. The van der Waals surface area contributed by atoms with E-state index >= 15 is 0 Å². The summed E-state index contributed by atoms with van der Waals surface area (Å²) in [4.78, 5) is 0. The molecule has 0 saturated carbocycles. The smallest absolute Gasteiger partial charge is 0.114 e. The Morgan fingerprint density at radius 3 is 1.40 bits per heavy atom. The molecule has 1 heterocycles. The molecule has 0 N–H and O–H groups in total. The fraction of sp³-hybridized carbons (Fsp3) is 0.222. The van der Waals surface area contributed by atoms with Crippen LogP contribution in [-0.4, -0.2) is 25.4 Å². The third-order valence-corrected chi connectivity index (χ3v) is 3.98. The van der Waals surface area contributed by atoms with Gasteiger partial charge >= 0.3 is 0 Å². The molecule has 1 aliphatic heterocycles. The van der Waals surface area contributed by atoms with Crippen LogP contribution < -0.4 is 0 Å². The van der Waals surface area contributed by atoms with E-state index in [1.54, 1.807) is 0 Å². The number of fused-ring (bicyclic) bond motifs is 1. The zero-order chi connectivity index (χ0) is 13.4. The van der Waals surface area contributed by atoms with Gasteiger partial charge in [0.25, 0.3) is 0 Å². The second-order valence-electron chi connectivity index (χ2n) is 5.14. The lowest BCUT2D eigenvalue weighted by Crippen LogP contribution is -2.47. The van der Waals surface area contributed by atoms with Gasteiger partial charge in [0.15, 0.2) is 0 Å². The van der Waals surface area contributed by atoms with E-state index in [1.165, 1.54) is 22.3 Å². The number of hydrogen-bond acceptors (Lipinski definition) is 2. The number of rotatable bonds is 2. The monoisotopic (exact) mass is 264 g/mol.